The number of hydrogen-bond donors (Lipinski definition) is 2. The Morgan fingerprint density at radius 2 is 2.48 bits per heavy atom. The van der Waals surface area contributed by atoms with E-state index in [0.29, 0.717) is 12.5 Å². The van der Waals surface area contributed by atoms with Crippen LogP contribution in [0.2, 0.25) is 0 Å². The molecule has 1 aliphatic heterocycles. The van der Waals surface area contributed by atoms with E-state index < -0.39 is 0 Å². The number of nitrogens with one attached hydrogen (secondary N) is 2. The van der Waals surface area contributed by atoms with Crippen LogP contribution in [0.4, 0.5) is 0 Å². The second-order valence-corrected chi connectivity index (χ2v) is 7.32. The highest BCUT2D eigenvalue weighted by atomic mass is 32.1. The fourth-order valence-electron chi connectivity index (χ4n) is 3.15. The molecule has 2 N–H and O–H groups in total. The minimum absolute atomic E-state index is 0.0993. The first kappa shape index (κ1) is 16.2. The molecule has 6 heteroatoms. The van der Waals surface area contributed by atoms with E-state index in [9.17, 15) is 4.79 Å². The number of aromatic amines is 1. The zero-order valence-electron chi connectivity index (χ0n) is 13.7. The van der Waals surface area contributed by atoms with E-state index in [-0.39, 0.29) is 11.9 Å². The lowest BCUT2D eigenvalue weighted by Crippen LogP contribution is -2.48. The molecule has 0 aromatic carbocycles. The number of hydrogen-bond acceptors (Lipinski definition) is 4. The number of piperidine rings is 1. The third kappa shape index (κ3) is 4.00. The standard InChI is InChI=1S/C17H24N4OS/c1-12-9-16(20-19-12)14-5-3-7-21(11-14)13(2)17(22)18-10-15-6-4-8-23-15/h4,6,8-9,13-14H,3,5,7,10-11H2,1-2H3,(H,18,22)(H,19,20)/t13-,14-/m1/s1. The van der Waals surface area contributed by atoms with Crippen molar-refractivity contribution >= 4 is 17.2 Å². The van der Waals surface area contributed by atoms with E-state index >= 15 is 0 Å². The SMILES string of the molecule is Cc1cc([C@@H]2CCCN([C@H](C)C(=O)NCc3cccs3)C2)n[nH]1. The number of likely N-dealkylation sites (tertiary alicyclic amines) is 1. The maximum atomic E-state index is 12.4. The van der Waals surface area contributed by atoms with Crippen molar-refractivity contribution < 1.29 is 4.79 Å². The highest BCUT2D eigenvalue weighted by Gasteiger charge is 2.29. The molecule has 0 saturated carbocycles. The van der Waals surface area contributed by atoms with Gasteiger partial charge in [0.25, 0.3) is 0 Å². The zero-order valence-corrected chi connectivity index (χ0v) is 14.5. The van der Waals surface area contributed by atoms with Crippen LogP contribution in [-0.4, -0.2) is 40.1 Å². The molecule has 0 radical (unpaired) electrons. The molecule has 0 aliphatic carbocycles. The summed E-state index contributed by atoms with van der Waals surface area (Å²) in [7, 11) is 0. The number of carbonyl (C=O) groups excluding carboxylic acids is 1. The van der Waals surface area contributed by atoms with Gasteiger partial charge in [0.15, 0.2) is 0 Å². The summed E-state index contributed by atoms with van der Waals surface area (Å²) in [6.07, 6.45) is 2.25. The first-order valence-electron chi connectivity index (χ1n) is 8.19. The summed E-state index contributed by atoms with van der Waals surface area (Å²) in [6.45, 7) is 6.53. The van der Waals surface area contributed by atoms with Gasteiger partial charge in [-0.2, -0.15) is 5.10 Å². The predicted octanol–water partition coefficient (Wildman–Crippen LogP) is 2.66. The Balaban J connectivity index is 1.55. The number of aromatic nitrogens is 2. The minimum Gasteiger partial charge on any atom is -0.350 e. The van der Waals surface area contributed by atoms with Crippen molar-refractivity contribution in [2.45, 2.75) is 45.2 Å². The molecule has 2 atom stereocenters. The summed E-state index contributed by atoms with van der Waals surface area (Å²) in [5.41, 5.74) is 2.22. The summed E-state index contributed by atoms with van der Waals surface area (Å²) in [6, 6.07) is 6.08. The molecule has 2 aromatic rings. The largest absolute Gasteiger partial charge is 0.350 e. The Morgan fingerprint density at radius 3 is 3.17 bits per heavy atom. The minimum atomic E-state index is -0.0993. The lowest BCUT2D eigenvalue weighted by molar-refractivity contribution is -0.126. The van der Waals surface area contributed by atoms with Gasteiger partial charge in [-0.05, 0) is 50.7 Å². The maximum Gasteiger partial charge on any atom is 0.237 e. The van der Waals surface area contributed by atoms with Gasteiger partial charge < -0.3 is 5.32 Å². The van der Waals surface area contributed by atoms with Crippen LogP contribution in [0.3, 0.4) is 0 Å². The van der Waals surface area contributed by atoms with Crippen molar-refractivity contribution in [3.63, 3.8) is 0 Å². The Bertz CT molecular complexity index is 637. The Kier molecular flexibility index (Phi) is 5.13. The molecule has 1 aliphatic rings. The average Bonchev–Trinajstić information content (AvgIpc) is 3.23. The number of rotatable bonds is 5. The highest BCUT2D eigenvalue weighted by molar-refractivity contribution is 7.09. The fraction of sp³-hybridized carbons (Fsp3) is 0.529. The van der Waals surface area contributed by atoms with Crippen LogP contribution < -0.4 is 5.32 Å². The van der Waals surface area contributed by atoms with Crippen LogP contribution in [0.1, 0.15) is 41.9 Å². The molecular weight excluding hydrogens is 308 g/mol. The van der Waals surface area contributed by atoms with Crippen LogP contribution in [-0.2, 0) is 11.3 Å². The van der Waals surface area contributed by atoms with Gasteiger partial charge in [0, 0.05) is 23.0 Å². The number of amides is 1. The van der Waals surface area contributed by atoms with Crippen molar-refractivity contribution in [1.29, 1.82) is 0 Å². The Hall–Kier alpha value is -1.66. The molecule has 2 aromatic heterocycles. The molecule has 1 saturated heterocycles. The van der Waals surface area contributed by atoms with E-state index in [1.807, 2.05) is 31.4 Å². The molecule has 124 valence electrons. The first-order chi connectivity index (χ1) is 11.1. The van der Waals surface area contributed by atoms with Crippen LogP contribution in [0, 0.1) is 6.92 Å². The summed E-state index contributed by atoms with van der Waals surface area (Å²) < 4.78 is 0. The molecule has 3 heterocycles. The van der Waals surface area contributed by atoms with Gasteiger partial charge in [-0.1, -0.05) is 6.07 Å². The second kappa shape index (κ2) is 7.27. The quantitative estimate of drug-likeness (QED) is 0.885. The predicted molar refractivity (Wildman–Crippen MR) is 92.5 cm³/mol. The van der Waals surface area contributed by atoms with Crippen LogP contribution in [0.15, 0.2) is 23.6 Å². The summed E-state index contributed by atoms with van der Waals surface area (Å²) in [5, 5.41) is 12.5. The lowest BCUT2D eigenvalue weighted by Gasteiger charge is -2.35. The van der Waals surface area contributed by atoms with Crippen molar-refractivity contribution in [2.75, 3.05) is 13.1 Å². The summed E-state index contributed by atoms with van der Waals surface area (Å²) in [4.78, 5) is 15.9. The maximum absolute atomic E-state index is 12.4. The molecule has 0 spiro atoms. The van der Waals surface area contributed by atoms with Crippen molar-refractivity contribution in [3.8, 4) is 0 Å². The van der Waals surface area contributed by atoms with E-state index in [2.05, 4.69) is 26.5 Å². The van der Waals surface area contributed by atoms with Gasteiger partial charge in [0.1, 0.15) is 0 Å². The normalized spacial score (nSPS) is 20.3. The number of H-pyrrole nitrogens is 1. The van der Waals surface area contributed by atoms with Crippen molar-refractivity contribution in [1.82, 2.24) is 20.4 Å². The molecule has 1 fully saturated rings. The van der Waals surface area contributed by atoms with E-state index in [1.54, 1.807) is 11.3 Å². The van der Waals surface area contributed by atoms with E-state index in [4.69, 9.17) is 0 Å². The third-order valence-electron chi connectivity index (χ3n) is 4.54. The van der Waals surface area contributed by atoms with Gasteiger partial charge in [-0.15, -0.1) is 11.3 Å². The first-order valence-corrected chi connectivity index (χ1v) is 9.07. The fourth-order valence-corrected chi connectivity index (χ4v) is 3.79. The van der Waals surface area contributed by atoms with Crippen LogP contribution in [0.5, 0.6) is 0 Å². The third-order valence-corrected chi connectivity index (χ3v) is 5.42. The Labute approximate surface area is 141 Å². The van der Waals surface area contributed by atoms with Gasteiger partial charge in [-0.25, -0.2) is 0 Å². The van der Waals surface area contributed by atoms with Gasteiger partial charge in [0.2, 0.25) is 5.91 Å². The molecule has 5 nitrogen and oxygen atoms in total. The molecule has 3 rings (SSSR count). The molecule has 0 bridgehead atoms. The lowest BCUT2D eigenvalue weighted by atomic mass is 9.93. The average molecular weight is 332 g/mol. The number of thiophene rings is 1. The van der Waals surface area contributed by atoms with E-state index in [1.165, 1.54) is 4.88 Å². The highest BCUT2D eigenvalue weighted by Crippen LogP contribution is 2.27. The molecule has 0 unspecified atom stereocenters. The number of aryl methyl sites for hydroxylation is 1. The smallest absolute Gasteiger partial charge is 0.237 e. The molecule has 1 amide bonds. The molecular formula is C17H24N4OS. The number of nitrogens with zero attached hydrogens (tertiary/aromatic N) is 2. The topological polar surface area (TPSA) is 61.0 Å². The van der Waals surface area contributed by atoms with Crippen molar-refractivity contribution in [3.05, 3.63) is 39.8 Å². The van der Waals surface area contributed by atoms with Crippen LogP contribution in [0.25, 0.3) is 0 Å². The Morgan fingerprint density at radius 1 is 1.61 bits per heavy atom. The van der Waals surface area contributed by atoms with Gasteiger partial charge in [0.05, 0.1) is 18.3 Å². The second-order valence-electron chi connectivity index (χ2n) is 6.28. The molecule has 23 heavy (non-hydrogen) atoms. The number of carbonyl (C=O) groups is 1. The zero-order chi connectivity index (χ0) is 16.2. The van der Waals surface area contributed by atoms with Gasteiger partial charge >= 0.3 is 0 Å². The van der Waals surface area contributed by atoms with Crippen LogP contribution >= 0.6 is 11.3 Å². The summed E-state index contributed by atoms with van der Waals surface area (Å²) in [5.74, 6) is 0.526. The van der Waals surface area contributed by atoms with E-state index in [0.717, 1.165) is 37.3 Å². The van der Waals surface area contributed by atoms with Gasteiger partial charge in [-0.3, -0.25) is 14.8 Å². The summed E-state index contributed by atoms with van der Waals surface area (Å²) >= 11 is 1.67. The monoisotopic (exact) mass is 332 g/mol. The van der Waals surface area contributed by atoms with Crippen molar-refractivity contribution in [2.24, 2.45) is 0 Å².